The summed E-state index contributed by atoms with van der Waals surface area (Å²) in [4.78, 5) is 21.1. The summed E-state index contributed by atoms with van der Waals surface area (Å²) in [6.07, 6.45) is 3.14. The summed E-state index contributed by atoms with van der Waals surface area (Å²) >= 11 is 6.02. The highest BCUT2D eigenvalue weighted by atomic mass is 35.5. The highest BCUT2D eigenvalue weighted by Gasteiger charge is 2.18. The topological polar surface area (TPSA) is 68.0 Å². The third-order valence-electron chi connectivity index (χ3n) is 4.05. The van der Waals surface area contributed by atoms with Crippen molar-refractivity contribution in [2.75, 3.05) is 5.32 Å². The number of halogens is 1. The van der Waals surface area contributed by atoms with Crippen LogP contribution in [0.25, 0.3) is 22.4 Å². The maximum absolute atomic E-state index is 12.6. The van der Waals surface area contributed by atoms with Gasteiger partial charge >= 0.3 is 0 Å². The van der Waals surface area contributed by atoms with Crippen molar-refractivity contribution in [3.05, 3.63) is 77.3 Å². The minimum Gasteiger partial charge on any atom is -0.451 e. The summed E-state index contributed by atoms with van der Waals surface area (Å²) in [5, 5.41) is 4.18. The van der Waals surface area contributed by atoms with Crippen molar-refractivity contribution in [1.29, 1.82) is 0 Å². The first-order valence-corrected chi connectivity index (χ1v) is 8.37. The number of amides is 1. The molecule has 6 heteroatoms. The number of rotatable bonds is 3. The second kappa shape index (κ2) is 6.61. The lowest BCUT2D eigenvalue weighted by Gasteiger charge is -2.04. The van der Waals surface area contributed by atoms with Crippen molar-refractivity contribution in [2.45, 2.75) is 6.92 Å². The van der Waals surface area contributed by atoms with E-state index in [0.29, 0.717) is 22.1 Å². The van der Waals surface area contributed by atoms with Crippen LogP contribution in [0.2, 0.25) is 5.02 Å². The van der Waals surface area contributed by atoms with Crippen molar-refractivity contribution in [1.82, 2.24) is 9.97 Å². The van der Waals surface area contributed by atoms with E-state index in [2.05, 4.69) is 15.3 Å². The Hall–Kier alpha value is -3.18. The Morgan fingerprint density at radius 2 is 1.81 bits per heavy atom. The van der Waals surface area contributed by atoms with E-state index in [0.717, 1.165) is 16.5 Å². The zero-order chi connectivity index (χ0) is 18.1. The van der Waals surface area contributed by atoms with Crippen molar-refractivity contribution < 1.29 is 9.21 Å². The van der Waals surface area contributed by atoms with E-state index in [-0.39, 0.29) is 11.7 Å². The van der Waals surface area contributed by atoms with Crippen LogP contribution in [0.4, 0.5) is 5.69 Å². The lowest BCUT2D eigenvalue weighted by atomic mass is 10.1. The van der Waals surface area contributed by atoms with Gasteiger partial charge in [-0.2, -0.15) is 0 Å². The highest BCUT2D eigenvalue weighted by molar-refractivity contribution is 6.31. The molecule has 5 nitrogen and oxygen atoms in total. The van der Waals surface area contributed by atoms with E-state index in [9.17, 15) is 4.79 Å². The van der Waals surface area contributed by atoms with Gasteiger partial charge in [-0.3, -0.25) is 4.79 Å². The van der Waals surface area contributed by atoms with Gasteiger partial charge < -0.3 is 9.73 Å². The van der Waals surface area contributed by atoms with Gasteiger partial charge in [-0.1, -0.05) is 41.9 Å². The van der Waals surface area contributed by atoms with Crippen molar-refractivity contribution in [3.63, 3.8) is 0 Å². The summed E-state index contributed by atoms with van der Waals surface area (Å²) in [6, 6.07) is 14.9. The zero-order valence-electron chi connectivity index (χ0n) is 13.9. The number of carbonyl (C=O) groups excluding carboxylic acids is 1. The lowest BCUT2D eigenvalue weighted by Crippen LogP contribution is -2.12. The van der Waals surface area contributed by atoms with Gasteiger partial charge in [0.2, 0.25) is 0 Å². The highest BCUT2D eigenvalue weighted by Crippen LogP contribution is 2.28. The number of nitrogens with one attached hydrogen (secondary N) is 1. The Kier molecular flexibility index (Phi) is 4.14. The quantitative estimate of drug-likeness (QED) is 0.549. The van der Waals surface area contributed by atoms with Gasteiger partial charge in [0, 0.05) is 21.5 Å². The summed E-state index contributed by atoms with van der Waals surface area (Å²) < 4.78 is 5.67. The molecular formula is C20H14ClN3O2. The number of anilines is 1. The van der Waals surface area contributed by atoms with Crippen molar-refractivity contribution >= 4 is 34.2 Å². The molecule has 2 aromatic heterocycles. The van der Waals surface area contributed by atoms with Gasteiger partial charge in [0.1, 0.15) is 5.58 Å². The normalized spacial score (nSPS) is 10.8. The number of aryl methyl sites for hydroxylation is 1. The molecule has 2 aromatic carbocycles. The average Bonchev–Trinajstić information content (AvgIpc) is 2.99. The van der Waals surface area contributed by atoms with E-state index in [1.807, 2.05) is 37.3 Å². The van der Waals surface area contributed by atoms with Crippen LogP contribution in [-0.4, -0.2) is 15.9 Å². The van der Waals surface area contributed by atoms with Gasteiger partial charge in [-0.25, -0.2) is 9.97 Å². The molecule has 0 aliphatic rings. The fourth-order valence-electron chi connectivity index (χ4n) is 2.73. The third-order valence-corrected chi connectivity index (χ3v) is 4.28. The molecule has 1 N–H and O–H groups in total. The second-order valence-corrected chi connectivity index (χ2v) is 6.25. The molecule has 0 unspecified atom stereocenters. The standard InChI is InChI=1S/C20H14ClN3O2/c1-12-16-9-14(21)7-8-17(16)26-18(12)20(25)24-15-10-22-19(23-11-15)13-5-3-2-4-6-13/h2-11H,1H3,(H,24,25). The fourth-order valence-corrected chi connectivity index (χ4v) is 2.90. The summed E-state index contributed by atoms with van der Waals surface area (Å²) in [7, 11) is 0. The predicted octanol–water partition coefficient (Wildman–Crippen LogP) is 5.10. The molecule has 0 bridgehead atoms. The first-order chi connectivity index (χ1) is 12.6. The van der Waals surface area contributed by atoms with E-state index < -0.39 is 0 Å². The second-order valence-electron chi connectivity index (χ2n) is 5.81. The molecule has 26 heavy (non-hydrogen) atoms. The fraction of sp³-hybridized carbons (Fsp3) is 0.0500. The Morgan fingerprint density at radius 1 is 1.08 bits per heavy atom. The summed E-state index contributed by atoms with van der Waals surface area (Å²) in [5.74, 6) is 0.485. The maximum atomic E-state index is 12.6. The number of carbonyl (C=O) groups is 1. The summed E-state index contributed by atoms with van der Waals surface area (Å²) in [5.41, 5.74) is 2.76. The predicted molar refractivity (Wildman–Crippen MR) is 101 cm³/mol. The van der Waals surface area contributed by atoms with Crippen LogP contribution in [0.15, 0.2) is 65.3 Å². The van der Waals surface area contributed by atoms with Crippen molar-refractivity contribution in [3.8, 4) is 11.4 Å². The van der Waals surface area contributed by atoms with Crippen LogP contribution in [0.3, 0.4) is 0 Å². The number of aromatic nitrogens is 2. The van der Waals surface area contributed by atoms with Crippen LogP contribution < -0.4 is 5.32 Å². The van der Waals surface area contributed by atoms with Gasteiger partial charge in [0.25, 0.3) is 5.91 Å². The minimum absolute atomic E-state index is 0.245. The molecule has 128 valence electrons. The molecule has 4 rings (SSSR count). The van der Waals surface area contributed by atoms with E-state index in [1.165, 1.54) is 0 Å². The van der Waals surface area contributed by atoms with Gasteiger partial charge in [0.05, 0.1) is 18.1 Å². The lowest BCUT2D eigenvalue weighted by molar-refractivity contribution is 0.0998. The number of fused-ring (bicyclic) bond motifs is 1. The van der Waals surface area contributed by atoms with Gasteiger partial charge in [0.15, 0.2) is 11.6 Å². The Morgan fingerprint density at radius 3 is 2.54 bits per heavy atom. The number of hydrogen-bond acceptors (Lipinski definition) is 4. The molecule has 0 saturated heterocycles. The third kappa shape index (κ3) is 3.05. The van der Waals surface area contributed by atoms with E-state index in [1.54, 1.807) is 30.6 Å². The molecule has 0 fully saturated rings. The van der Waals surface area contributed by atoms with Crippen LogP contribution in [0.5, 0.6) is 0 Å². The number of furan rings is 1. The summed E-state index contributed by atoms with van der Waals surface area (Å²) in [6.45, 7) is 1.83. The Labute approximate surface area is 154 Å². The van der Waals surface area contributed by atoms with Crippen LogP contribution in [0, 0.1) is 6.92 Å². The zero-order valence-corrected chi connectivity index (χ0v) is 14.6. The number of benzene rings is 2. The number of hydrogen-bond donors (Lipinski definition) is 1. The molecular weight excluding hydrogens is 350 g/mol. The minimum atomic E-state index is -0.356. The SMILES string of the molecule is Cc1c(C(=O)Nc2cnc(-c3ccccc3)nc2)oc2ccc(Cl)cc12. The molecule has 0 spiro atoms. The van der Waals surface area contributed by atoms with Gasteiger partial charge in [-0.15, -0.1) is 0 Å². The van der Waals surface area contributed by atoms with Crippen LogP contribution >= 0.6 is 11.6 Å². The Bertz CT molecular complexity index is 1090. The first-order valence-electron chi connectivity index (χ1n) is 7.99. The van der Waals surface area contributed by atoms with Crippen LogP contribution in [0.1, 0.15) is 16.1 Å². The molecule has 0 aliphatic heterocycles. The van der Waals surface area contributed by atoms with Crippen LogP contribution in [-0.2, 0) is 0 Å². The van der Waals surface area contributed by atoms with Gasteiger partial charge in [-0.05, 0) is 25.1 Å². The first kappa shape index (κ1) is 16.3. The molecule has 4 aromatic rings. The maximum Gasteiger partial charge on any atom is 0.291 e. The smallest absolute Gasteiger partial charge is 0.291 e. The van der Waals surface area contributed by atoms with E-state index >= 15 is 0 Å². The van der Waals surface area contributed by atoms with E-state index in [4.69, 9.17) is 16.0 Å². The molecule has 0 aliphatic carbocycles. The molecule has 1 amide bonds. The molecule has 0 radical (unpaired) electrons. The largest absolute Gasteiger partial charge is 0.451 e. The Balaban J connectivity index is 1.58. The monoisotopic (exact) mass is 363 g/mol. The molecule has 0 saturated carbocycles. The average molecular weight is 364 g/mol. The molecule has 2 heterocycles. The molecule has 0 atom stereocenters. The number of nitrogens with zero attached hydrogens (tertiary/aromatic N) is 2. The van der Waals surface area contributed by atoms with Crippen molar-refractivity contribution in [2.24, 2.45) is 0 Å².